The van der Waals surface area contributed by atoms with Crippen molar-refractivity contribution in [1.82, 2.24) is 15.1 Å². The van der Waals surface area contributed by atoms with Crippen LogP contribution in [0.5, 0.6) is 0 Å². The Morgan fingerprint density at radius 3 is 2.35 bits per heavy atom. The van der Waals surface area contributed by atoms with Crippen LogP contribution in [-0.2, 0) is 4.79 Å². The van der Waals surface area contributed by atoms with Gasteiger partial charge in [-0.1, -0.05) is 20.8 Å². The molecule has 17 heavy (non-hydrogen) atoms. The molecular formula is C13H27N3O. The van der Waals surface area contributed by atoms with Crippen molar-refractivity contribution in [2.75, 3.05) is 20.6 Å². The number of rotatable bonds is 5. The summed E-state index contributed by atoms with van der Waals surface area (Å²) in [6.07, 6.45) is 1.02. The average molecular weight is 241 g/mol. The van der Waals surface area contributed by atoms with E-state index in [0.717, 1.165) is 13.0 Å². The molecule has 1 aliphatic rings. The van der Waals surface area contributed by atoms with Gasteiger partial charge in [0.05, 0.1) is 12.2 Å². The fraction of sp³-hybridized carbons (Fsp3) is 0.923. The predicted octanol–water partition coefficient (Wildman–Crippen LogP) is 1.13. The number of hydrogen-bond donors (Lipinski definition) is 1. The van der Waals surface area contributed by atoms with E-state index in [-0.39, 0.29) is 24.2 Å². The van der Waals surface area contributed by atoms with Gasteiger partial charge in [-0.05, 0) is 33.4 Å². The lowest BCUT2D eigenvalue weighted by atomic mass is 10.0. The zero-order valence-electron chi connectivity index (χ0n) is 12.0. The molecule has 100 valence electrons. The Morgan fingerprint density at radius 1 is 1.41 bits per heavy atom. The zero-order chi connectivity index (χ0) is 13.2. The van der Waals surface area contributed by atoms with Crippen molar-refractivity contribution in [2.24, 2.45) is 5.92 Å². The normalized spacial score (nSPS) is 27.3. The molecule has 1 amide bonds. The summed E-state index contributed by atoms with van der Waals surface area (Å²) < 4.78 is 0. The quantitative estimate of drug-likeness (QED) is 0.784. The van der Waals surface area contributed by atoms with E-state index in [1.807, 2.05) is 4.90 Å². The van der Waals surface area contributed by atoms with Gasteiger partial charge in [0.1, 0.15) is 0 Å². The van der Waals surface area contributed by atoms with Crippen LogP contribution in [0.1, 0.15) is 34.1 Å². The van der Waals surface area contributed by atoms with Crippen LogP contribution in [0.2, 0.25) is 0 Å². The predicted molar refractivity (Wildman–Crippen MR) is 70.7 cm³/mol. The molecule has 1 fully saturated rings. The highest BCUT2D eigenvalue weighted by Gasteiger charge is 2.40. The first-order chi connectivity index (χ1) is 7.88. The lowest BCUT2D eigenvalue weighted by molar-refractivity contribution is -0.133. The third kappa shape index (κ3) is 3.19. The van der Waals surface area contributed by atoms with Gasteiger partial charge in [0.15, 0.2) is 0 Å². The standard InChI is InChI=1S/C13H27N3O/c1-7-11-13(17)16(10(4)14-11)12(9(2)3)8-15(5)6/h9-12,14H,7-8H2,1-6H3. The largest absolute Gasteiger partial charge is 0.322 e. The number of carbonyl (C=O) groups is 1. The summed E-state index contributed by atoms with van der Waals surface area (Å²) in [4.78, 5) is 16.5. The number of carbonyl (C=O) groups excluding carboxylic acids is 1. The molecule has 3 atom stereocenters. The molecule has 0 aromatic carbocycles. The van der Waals surface area contributed by atoms with Crippen LogP contribution in [-0.4, -0.2) is 54.6 Å². The fourth-order valence-electron chi connectivity index (χ4n) is 2.55. The van der Waals surface area contributed by atoms with Gasteiger partial charge in [-0.3, -0.25) is 10.1 Å². The molecule has 0 bridgehead atoms. The van der Waals surface area contributed by atoms with Gasteiger partial charge in [0.2, 0.25) is 5.91 Å². The molecule has 1 N–H and O–H groups in total. The molecule has 3 unspecified atom stereocenters. The maximum absolute atomic E-state index is 12.3. The van der Waals surface area contributed by atoms with Crippen molar-refractivity contribution in [2.45, 2.75) is 52.4 Å². The summed E-state index contributed by atoms with van der Waals surface area (Å²) in [6, 6.07) is 0.296. The topological polar surface area (TPSA) is 35.6 Å². The maximum Gasteiger partial charge on any atom is 0.241 e. The Morgan fingerprint density at radius 2 is 2.00 bits per heavy atom. The Labute approximate surface area is 105 Å². The molecule has 0 aliphatic carbocycles. The molecular weight excluding hydrogens is 214 g/mol. The Balaban J connectivity index is 2.83. The minimum atomic E-state index is 0.00779. The summed E-state index contributed by atoms with van der Waals surface area (Å²) in [7, 11) is 4.12. The number of nitrogens with one attached hydrogen (secondary N) is 1. The van der Waals surface area contributed by atoms with E-state index in [1.165, 1.54) is 0 Å². The second-order valence-corrected chi connectivity index (χ2v) is 5.62. The molecule has 0 saturated carbocycles. The van der Waals surface area contributed by atoms with Gasteiger partial charge in [-0.2, -0.15) is 0 Å². The van der Waals surface area contributed by atoms with E-state index in [0.29, 0.717) is 5.92 Å². The summed E-state index contributed by atoms with van der Waals surface area (Å²) in [5, 5.41) is 3.37. The zero-order valence-corrected chi connectivity index (χ0v) is 12.0. The van der Waals surface area contributed by atoms with Crippen LogP contribution in [0.3, 0.4) is 0 Å². The van der Waals surface area contributed by atoms with Crippen LogP contribution in [0.4, 0.5) is 0 Å². The van der Waals surface area contributed by atoms with E-state index in [2.05, 4.69) is 52.0 Å². The molecule has 1 saturated heterocycles. The number of hydrogen-bond acceptors (Lipinski definition) is 3. The maximum atomic E-state index is 12.3. The molecule has 1 rings (SSSR count). The molecule has 1 aliphatic heterocycles. The number of likely N-dealkylation sites (N-methyl/N-ethyl adjacent to an activating group) is 1. The SMILES string of the molecule is CCC1NC(C)N(C(CN(C)C)C(C)C)C1=O. The highest BCUT2D eigenvalue weighted by Crippen LogP contribution is 2.21. The van der Waals surface area contributed by atoms with Crippen molar-refractivity contribution >= 4 is 5.91 Å². The second kappa shape index (κ2) is 5.83. The van der Waals surface area contributed by atoms with Crippen molar-refractivity contribution < 1.29 is 4.79 Å². The van der Waals surface area contributed by atoms with Gasteiger partial charge in [0, 0.05) is 12.6 Å². The van der Waals surface area contributed by atoms with E-state index in [9.17, 15) is 4.79 Å². The molecule has 0 aromatic rings. The molecule has 4 nitrogen and oxygen atoms in total. The van der Waals surface area contributed by atoms with Crippen LogP contribution < -0.4 is 5.32 Å². The lowest BCUT2D eigenvalue weighted by Crippen LogP contribution is -2.50. The minimum absolute atomic E-state index is 0.00779. The molecule has 0 aromatic heterocycles. The lowest BCUT2D eigenvalue weighted by Gasteiger charge is -2.35. The van der Waals surface area contributed by atoms with E-state index < -0.39 is 0 Å². The van der Waals surface area contributed by atoms with Crippen molar-refractivity contribution in [3.8, 4) is 0 Å². The third-order valence-corrected chi connectivity index (χ3v) is 3.50. The molecule has 0 radical (unpaired) electrons. The van der Waals surface area contributed by atoms with E-state index in [4.69, 9.17) is 0 Å². The van der Waals surface area contributed by atoms with Crippen molar-refractivity contribution in [3.63, 3.8) is 0 Å². The van der Waals surface area contributed by atoms with Gasteiger partial charge >= 0.3 is 0 Å². The van der Waals surface area contributed by atoms with Crippen LogP contribution in [0.25, 0.3) is 0 Å². The van der Waals surface area contributed by atoms with E-state index in [1.54, 1.807) is 0 Å². The first-order valence-corrected chi connectivity index (χ1v) is 6.61. The molecule has 1 heterocycles. The van der Waals surface area contributed by atoms with Crippen LogP contribution >= 0.6 is 0 Å². The smallest absolute Gasteiger partial charge is 0.241 e. The second-order valence-electron chi connectivity index (χ2n) is 5.62. The van der Waals surface area contributed by atoms with Crippen LogP contribution in [0.15, 0.2) is 0 Å². The average Bonchev–Trinajstić information content (AvgIpc) is 2.50. The third-order valence-electron chi connectivity index (χ3n) is 3.50. The highest BCUT2D eigenvalue weighted by atomic mass is 16.2. The first kappa shape index (κ1) is 14.5. The van der Waals surface area contributed by atoms with Gasteiger partial charge in [-0.25, -0.2) is 0 Å². The first-order valence-electron chi connectivity index (χ1n) is 6.61. The van der Waals surface area contributed by atoms with E-state index >= 15 is 0 Å². The number of nitrogens with zero attached hydrogens (tertiary/aromatic N) is 2. The van der Waals surface area contributed by atoms with Gasteiger partial charge < -0.3 is 9.80 Å². The summed E-state index contributed by atoms with van der Waals surface area (Å²) in [6.45, 7) is 9.44. The summed E-state index contributed by atoms with van der Waals surface area (Å²) in [5.41, 5.74) is 0. The van der Waals surface area contributed by atoms with Gasteiger partial charge in [0.25, 0.3) is 0 Å². The Hall–Kier alpha value is -0.610. The minimum Gasteiger partial charge on any atom is -0.322 e. The molecule has 4 heteroatoms. The monoisotopic (exact) mass is 241 g/mol. The molecule has 0 spiro atoms. The van der Waals surface area contributed by atoms with Crippen molar-refractivity contribution in [3.05, 3.63) is 0 Å². The highest BCUT2D eigenvalue weighted by molar-refractivity contribution is 5.84. The summed E-state index contributed by atoms with van der Waals surface area (Å²) >= 11 is 0. The Kier molecular flexibility index (Phi) is 4.95. The van der Waals surface area contributed by atoms with Crippen molar-refractivity contribution in [1.29, 1.82) is 0 Å². The number of amides is 1. The van der Waals surface area contributed by atoms with Gasteiger partial charge in [-0.15, -0.1) is 0 Å². The fourth-order valence-corrected chi connectivity index (χ4v) is 2.55. The van der Waals surface area contributed by atoms with Crippen LogP contribution in [0, 0.1) is 5.92 Å². The summed E-state index contributed by atoms with van der Waals surface area (Å²) in [5.74, 6) is 0.738. The Bertz CT molecular complexity index is 265.